The average Bonchev–Trinajstić information content (AvgIpc) is 2.79. The lowest BCUT2D eigenvalue weighted by Crippen LogP contribution is -1.99. The fourth-order valence-electron chi connectivity index (χ4n) is 1.93. The van der Waals surface area contributed by atoms with Gasteiger partial charge in [-0.25, -0.2) is 4.98 Å². The molecule has 3 aromatic rings. The van der Waals surface area contributed by atoms with Gasteiger partial charge in [0, 0.05) is 11.6 Å². The van der Waals surface area contributed by atoms with E-state index in [1.807, 2.05) is 24.3 Å². The summed E-state index contributed by atoms with van der Waals surface area (Å²) in [4.78, 5) is 4.58. The van der Waals surface area contributed by atoms with Crippen molar-refractivity contribution in [1.82, 2.24) is 4.98 Å². The van der Waals surface area contributed by atoms with Gasteiger partial charge in [-0.15, -0.1) is 0 Å². The van der Waals surface area contributed by atoms with Crippen LogP contribution in [0.5, 0.6) is 0 Å². The summed E-state index contributed by atoms with van der Waals surface area (Å²) in [6, 6.07) is 14.2. The SMILES string of the molecule is Cc1ccc2sc(NCc3ccccc3Cl)nc2c1. The lowest BCUT2D eigenvalue weighted by Gasteiger charge is -2.04. The Morgan fingerprint density at radius 1 is 1.21 bits per heavy atom. The molecule has 0 bridgehead atoms. The number of nitrogens with zero attached hydrogens (tertiary/aromatic N) is 1. The van der Waals surface area contributed by atoms with Crippen molar-refractivity contribution in [1.29, 1.82) is 0 Å². The van der Waals surface area contributed by atoms with E-state index >= 15 is 0 Å². The standard InChI is InChI=1S/C15H13ClN2S/c1-10-6-7-14-13(8-10)18-15(19-14)17-9-11-4-2-3-5-12(11)16/h2-8H,9H2,1H3,(H,17,18). The van der Waals surface area contributed by atoms with E-state index in [-0.39, 0.29) is 0 Å². The molecular formula is C15H13ClN2S. The van der Waals surface area contributed by atoms with E-state index in [0.29, 0.717) is 6.54 Å². The summed E-state index contributed by atoms with van der Waals surface area (Å²) in [5, 5.41) is 5.05. The molecule has 0 aliphatic rings. The summed E-state index contributed by atoms with van der Waals surface area (Å²) < 4.78 is 1.20. The highest BCUT2D eigenvalue weighted by Crippen LogP contribution is 2.27. The lowest BCUT2D eigenvalue weighted by molar-refractivity contribution is 1.14. The fraction of sp³-hybridized carbons (Fsp3) is 0.133. The lowest BCUT2D eigenvalue weighted by atomic mass is 10.2. The third-order valence-corrected chi connectivity index (χ3v) is 4.29. The number of rotatable bonds is 3. The highest BCUT2D eigenvalue weighted by Gasteiger charge is 2.04. The maximum atomic E-state index is 6.13. The van der Waals surface area contributed by atoms with E-state index in [0.717, 1.165) is 21.2 Å². The Morgan fingerprint density at radius 2 is 2.05 bits per heavy atom. The third-order valence-electron chi connectivity index (χ3n) is 2.93. The second-order valence-corrected chi connectivity index (χ2v) is 5.87. The van der Waals surface area contributed by atoms with Crippen LogP contribution in [0.3, 0.4) is 0 Å². The van der Waals surface area contributed by atoms with E-state index in [2.05, 4.69) is 35.4 Å². The van der Waals surface area contributed by atoms with E-state index < -0.39 is 0 Å². The Balaban J connectivity index is 1.80. The largest absolute Gasteiger partial charge is 0.357 e. The first-order chi connectivity index (χ1) is 9.22. The number of halogens is 1. The molecule has 0 radical (unpaired) electrons. The first kappa shape index (κ1) is 12.5. The van der Waals surface area contributed by atoms with Crippen molar-refractivity contribution in [3.05, 3.63) is 58.6 Å². The van der Waals surface area contributed by atoms with Crippen molar-refractivity contribution in [2.45, 2.75) is 13.5 Å². The van der Waals surface area contributed by atoms with Gasteiger partial charge in [0.25, 0.3) is 0 Å². The van der Waals surface area contributed by atoms with Crippen molar-refractivity contribution >= 4 is 38.3 Å². The summed E-state index contributed by atoms with van der Waals surface area (Å²) in [6.07, 6.45) is 0. The molecule has 0 unspecified atom stereocenters. The van der Waals surface area contributed by atoms with Crippen molar-refractivity contribution in [2.24, 2.45) is 0 Å². The number of fused-ring (bicyclic) bond motifs is 1. The maximum Gasteiger partial charge on any atom is 0.184 e. The van der Waals surface area contributed by atoms with Crippen molar-refractivity contribution in [3.8, 4) is 0 Å². The van der Waals surface area contributed by atoms with Gasteiger partial charge in [-0.2, -0.15) is 0 Å². The van der Waals surface area contributed by atoms with Crippen molar-refractivity contribution in [3.63, 3.8) is 0 Å². The Labute approximate surface area is 121 Å². The fourth-order valence-corrected chi connectivity index (χ4v) is 2.97. The Kier molecular flexibility index (Phi) is 3.40. The summed E-state index contributed by atoms with van der Waals surface area (Å²) >= 11 is 7.80. The average molecular weight is 289 g/mol. The van der Waals surface area contributed by atoms with Gasteiger partial charge in [-0.3, -0.25) is 0 Å². The molecule has 1 aromatic heterocycles. The molecule has 19 heavy (non-hydrogen) atoms. The zero-order valence-corrected chi connectivity index (χ0v) is 12.1. The minimum atomic E-state index is 0.693. The number of aryl methyl sites for hydroxylation is 1. The molecule has 1 N–H and O–H groups in total. The molecule has 0 atom stereocenters. The molecule has 96 valence electrons. The molecule has 1 heterocycles. The third kappa shape index (κ3) is 2.72. The molecule has 3 rings (SSSR count). The minimum absolute atomic E-state index is 0.693. The Bertz CT molecular complexity index is 721. The van der Waals surface area contributed by atoms with E-state index in [1.165, 1.54) is 10.3 Å². The number of thiazole rings is 1. The van der Waals surface area contributed by atoms with Crippen LogP contribution < -0.4 is 5.32 Å². The van der Waals surface area contributed by atoms with Crippen LogP contribution in [0.4, 0.5) is 5.13 Å². The van der Waals surface area contributed by atoms with Gasteiger partial charge < -0.3 is 5.32 Å². The van der Waals surface area contributed by atoms with Gasteiger partial charge in [-0.1, -0.05) is 47.2 Å². The van der Waals surface area contributed by atoms with Crippen LogP contribution in [-0.2, 0) is 6.54 Å². The first-order valence-corrected chi connectivity index (χ1v) is 7.26. The van der Waals surface area contributed by atoms with Gasteiger partial charge >= 0.3 is 0 Å². The molecule has 2 nitrogen and oxygen atoms in total. The number of nitrogens with one attached hydrogen (secondary N) is 1. The van der Waals surface area contributed by atoms with E-state index in [4.69, 9.17) is 11.6 Å². The zero-order valence-electron chi connectivity index (χ0n) is 10.5. The van der Waals surface area contributed by atoms with Crippen molar-refractivity contribution < 1.29 is 0 Å². The summed E-state index contributed by atoms with van der Waals surface area (Å²) in [5.41, 5.74) is 3.36. The van der Waals surface area contributed by atoms with Crippen molar-refractivity contribution in [2.75, 3.05) is 5.32 Å². The van der Waals surface area contributed by atoms with Gasteiger partial charge in [0.05, 0.1) is 10.2 Å². The molecule has 0 spiro atoms. The molecule has 0 saturated heterocycles. The normalized spacial score (nSPS) is 10.8. The summed E-state index contributed by atoms with van der Waals surface area (Å²) in [7, 11) is 0. The Morgan fingerprint density at radius 3 is 2.89 bits per heavy atom. The molecule has 4 heteroatoms. The van der Waals surface area contributed by atoms with Crippen LogP contribution in [0.15, 0.2) is 42.5 Å². The van der Waals surface area contributed by atoms with Crippen LogP contribution in [0.2, 0.25) is 5.02 Å². The number of anilines is 1. The predicted molar refractivity (Wildman–Crippen MR) is 83.1 cm³/mol. The molecule has 2 aromatic carbocycles. The number of benzene rings is 2. The van der Waals surface area contributed by atoms with Crippen LogP contribution in [-0.4, -0.2) is 4.98 Å². The maximum absolute atomic E-state index is 6.13. The van der Waals surface area contributed by atoms with Crippen LogP contribution in [0, 0.1) is 6.92 Å². The molecular weight excluding hydrogens is 276 g/mol. The number of aromatic nitrogens is 1. The second-order valence-electron chi connectivity index (χ2n) is 4.44. The molecule has 0 saturated carbocycles. The second kappa shape index (κ2) is 5.19. The monoisotopic (exact) mass is 288 g/mol. The number of hydrogen-bond acceptors (Lipinski definition) is 3. The highest BCUT2D eigenvalue weighted by atomic mass is 35.5. The smallest absolute Gasteiger partial charge is 0.184 e. The first-order valence-electron chi connectivity index (χ1n) is 6.07. The molecule has 0 fully saturated rings. The van der Waals surface area contributed by atoms with Crippen LogP contribution in [0.25, 0.3) is 10.2 Å². The van der Waals surface area contributed by atoms with Crippen LogP contribution >= 0.6 is 22.9 Å². The van der Waals surface area contributed by atoms with E-state index in [1.54, 1.807) is 11.3 Å². The van der Waals surface area contributed by atoms with E-state index in [9.17, 15) is 0 Å². The zero-order chi connectivity index (χ0) is 13.2. The summed E-state index contributed by atoms with van der Waals surface area (Å²) in [5.74, 6) is 0. The van der Waals surface area contributed by atoms with Gasteiger partial charge in [0.15, 0.2) is 5.13 Å². The van der Waals surface area contributed by atoms with Gasteiger partial charge in [-0.05, 0) is 36.2 Å². The van der Waals surface area contributed by atoms with Crippen LogP contribution in [0.1, 0.15) is 11.1 Å². The molecule has 0 aliphatic carbocycles. The highest BCUT2D eigenvalue weighted by molar-refractivity contribution is 7.22. The summed E-state index contributed by atoms with van der Waals surface area (Å²) in [6.45, 7) is 2.77. The van der Waals surface area contributed by atoms with Gasteiger partial charge in [0.1, 0.15) is 0 Å². The Hall–Kier alpha value is -1.58. The predicted octanol–water partition coefficient (Wildman–Crippen LogP) is 4.87. The minimum Gasteiger partial charge on any atom is -0.357 e. The topological polar surface area (TPSA) is 24.9 Å². The molecule has 0 amide bonds. The van der Waals surface area contributed by atoms with Gasteiger partial charge in [0.2, 0.25) is 0 Å². The molecule has 0 aliphatic heterocycles. The number of hydrogen-bond donors (Lipinski definition) is 1. The quantitative estimate of drug-likeness (QED) is 0.744.